The van der Waals surface area contributed by atoms with Crippen LogP contribution in [0.2, 0.25) is 0 Å². The Morgan fingerprint density at radius 3 is 2.42 bits per heavy atom. The third-order valence-electron chi connectivity index (χ3n) is 5.42. The quantitative estimate of drug-likeness (QED) is 0.883. The van der Waals surface area contributed by atoms with Crippen molar-refractivity contribution in [3.63, 3.8) is 0 Å². The van der Waals surface area contributed by atoms with E-state index in [4.69, 9.17) is 0 Å². The summed E-state index contributed by atoms with van der Waals surface area (Å²) >= 11 is 0. The summed E-state index contributed by atoms with van der Waals surface area (Å²) < 4.78 is 0. The molecule has 3 aliphatic rings. The lowest BCUT2D eigenvalue weighted by molar-refractivity contribution is 0.0499. The first-order chi connectivity index (χ1) is 11.6. The first-order valence-electron chi connectivity index (χ1n) is 8.59. The maximum absolute atomic E-state index is 11.8. The normalized spacial score (nSPS) is 28.5. The molecule has 3 unspecified atom stereocenters. The highest BCUT2D eigenvalue weighted by molar-refractivity contribution is 5.43. The van der Waals surface area contributed by atoms with Crippen molar-refractivity contribution in [2.24, 2.45) is 5.92 Å². The number of aromatic hydroxyl groups is 1. The summed E-state index contributed by atoms with van der Waals surface area (Å²) in [5.41, 5.74) is 2.34. The Bertz CT molecular complexity index is 773. The molecule has 0 spiro atoms. The molecule has 3 aliphatic carbocycles. The molecule has 0 fully saturated rings. The number of aliphatic hydroxyl groups is 1. The fourth-order valence-corrected chi connectivity index (χ4v) is 4.11. The molecule has 2 aromatic carbocycles. The fourth-order valence-electron chi connectivity index (χ4n) is 4.11. The van der Waals surface area contributed by atoms with E-state index in [1.807, 2.05) is 30.3 Å². The average Bonchev–Trinajstić information content (AvgIpc) is 2.84. The molecule has 5 rings (SSSR count). The van der Waals surface area contributed by atoms with Gasteiger partial charge in [-0.15, -0.1) is 0 Å². The number of rotatable bonds is 3. The molecule has 0 saturated heterocycles. The highest BCUT2D eigenvalue weighted by Crippen LogP contribution is 2.47. The van der Waals surface area contributed by atoms with Crippen molar-refractivity contribution in [1.82, 2.24) is 0 Å². The Morgan fingerprint density at radius 2 is 1.75 bits per heavy atom. The fraction of sp³-hybridized carbons (Fsp3) is 0.273. The van der Waals surface area contributed by atoms with E-state index in [1.54, 1.807) is 12.1 Å². The third-order valence-corrected chi connectivity index (χ3v) is 5.42. The van der Waals surface area contributed by atoms with Gasteiger partial charge in [-0.25, -0.2) is 0 Å². The number of fused-ring (bicyclic) bond motifs is 3. The van der Waals surface area contributed by atoms with Crippen LogP contribution < -0.4 is 0 Å². The summed E-state index contributed by atoms with van der Waals surface area (Å²) in [6, 6.07) is 17.5. The predicted octanol–water partition coefficient (Wildman–Crippen LogP) is 4.36. The van der Waals surface area contributed by atoms with E-state index in [2.05, 4.69) is 30.4 Å². The maximum Gasteiger partial charge on any atom is 0.115 e. The van der Waals surface area contributed by atoms with E-state index in [0.29, 0.717) is 12.3 Å². The van der Waals surface area contributed by atoms with Gasteiger partial charge in [-0.05, 0) is 47.6 Å². The van der Waals surface area contributed by atoms with Crippen LogP contribution in [0.1, 0.15) is 29.9 Å². The molecule has 2 N–H and O–H groups in total. The van der Waals surface area contributed by atoms with Crippen LogP contribution in [0.3, 0.4) is 0 Å². The summed E-state index contributed by atoms with van der Waals surface area (Å²) in [5.74, 6) is 0.820. The van der Waals surface area contributed by atoms with Gasteiger partial charge in [-0.1, -0.05) is 60.7 Å². The van der Waals surface area contributed by atoms with Crippen LogP contribution in [0.5, 0.6) is 5.75 Å². The molecular formula is C22H22O2. The Balaban J connectivity index is 1.77. The van der Waals surface area contributed by atoms with E-state index >= 15 is 0 Å². The van der Waals surface area contributed by atoms with Crippen molar-refractivity contribution in [1.29, 1.82) is 0 Å². The minimum absolute atomic E-state index is 0.0706. The topological polar surface area (TPSA) is 40.5 Å². The van der Waals surface area contributed by atoms with Crippen LogP contribution in [0.4, 0.5) is 0 Å². The second-order valence-corrected chi connectivity index (χ2v) is 6.98. The Hall–Kier alpha value is -2.32. The van der Waals surface area contributed by atoms with Crippen molar-refractivity contribution in [3.05, 3.63) is 89.5 Å². The lowest BCUT2D eigenvalue weighted by Gasteiger charge is -2.36. The van der Waals surface area contributed by atoms with Gasteiger partial charge in [-0.2, -0.15) is 0 Å². The van der Waals surface area contributed by atoms with Crippen LogP contribution in [-0.2, 0) is 6.42 Å². The number of hydrogen-bond donors (Lipinski definition) is 2. The molecule has 2 aromatic rings. The van der Waals surface area contributed by atoms with Gasteiger partial charge >= 0.3 is 0 Å². The van der Waals surface area contributed by atoms with Crippen molar-refractivity contribution in [2.75, 3.05) is 0 Å². The number of phenolic OH excluding ortho intramolecular Hbond substituents is 1. The van der Waals surface area contributed by atoms with Gasteiger partial charge in [-0.3, -0.25) is 0 Å². The zero-order valence-corrected chi connectivity index (χ0v) is 13.6. The van der Waals surface area contributed by atoms with Crippen molar-refractivity contribution in [3.8, 4) is 5.75 Å². The van der Waals surface area contributed by atoms with Crippen LogP contribution in [0.15, 0.2) is 78.4 Å². The first-order valence-corrected chi connectivity index (χ1v) is 8.59. The van der Waals surface area contributed by atoms with E-state index in [1.165, 1.54) is 5.56 Å². The largest absolute Gasteiger partial charge is 0.508 e. The van der Waals surface area contributed by atoms with Gasteiger partial charge in [0.15, 0.2) is 0 Å². The maximum atomic E-state index is 11.8. The second kappa shape index (κ2) is 5.95. The predicted molar refractivity (Wildman–Crippen MR) is 95.9 cm³/mol. The Kier molecular flexibility index (Phi) is 3.78. The number of allylic oxidation sites excluding steroid dienone is 2. The minimum atomic E-state index is -0.917. The summed E-state index contributed by atoms with van der Waals surface area (Å²) in [6.45, 7) is 0. The molecule has 24 heavy (non-hydrogen) atoms. The van der Waals surface area contributed by atoms with Gasteiger partial charge in [0, 0.05) is 12.3 Å². The summed E-state index contributed by atoms with van der Waals surface area (Å²) in [7, 11) is 0. The number of benzene rings is 2. The van der Waals surface area contributed by atoms with Crippen LogP contribution in [0.25, 0.3) is 0 Å². The van der Waals surface area contributed by atoms with E-state index in [-0.39, 0.29) is 11.7 Å². The Labute approximate surface area is 142 Å². The first kappa shape index (κ1) is 15.2. The van der Waals surface area contributed by atoms with Crippen LogP contribution >= 0.6 is 0 Å². The lowest BCUT2D eigenvalue weighted by Crippen LogP contribution is -2.39. The smallest absolute Gasteiger partial charge is 0.115 e. The molecule has 2 heteroatoms. The van der Waals surface area contributed by atoms with E-state index in [0.717, 1.165) is 24.0 Å². The zero-order valence-electron chi connectivity index (χ0n) is 13.6. The molecule has 2 bridgehead atoms. The monoisotopic (exact) mass is 318 g/mol. The average molecular weight is 318 g/mol. The third kappa shape index (κ3) is 2.67. The highest BCUT2D eigenvalue weighted by Gasteiger charge is 2.44. The molecule has 0 saturated carbocycles. The molecule has 0 aliphatic heterocycles. The summed E-state index contributed by atoms with van der Waals surface area (Å²) in [4.78, 5) is 0. The van der Waals surface area contributed by atoms with E-state index < -0.39 is 5.60 Å². The molecule has 0 heterocycles. The SMILES string of the molecule is Oc1ccc(CC2(O)C3=CCC(C=C3)CC2c2ccccc2)cc1. The minimum Gasteiger partial charge on any atom is -0.508 e. The summed E-state index contributed by atoms with van der Waals surface area (Å²) in [6.07, 6.45) is 9.07. The van der Waals surface area contributed by atoms with Crippen molar-refractivity contribution in [2.45, 2.75) is 30.8 Å². The molecule has 0 aromatic heterocycles. The second-order valence-electron chi connectivity index (χ2n) is 6.98. The van der Waals surface area contributed by atoms with Gasteiger partial charge in [0.05, 0.1) is 0 Å². The van der Waals surface area contributed by atoms with Crippen molar-refractivity contribution >= 4 is 0 Å². The van der Waals surface area contributed by atoms with Gasteiger partial charge < -0.3 is 10.2 Å². The molecule has 0 radical (unpaired) electrons. The van der Waals surface area contributed by atoms with Crippen LogP contribution in [-0.4, -0.2) is 15.8 Å². The Morgan fingerprint density at radius 1 is 1.00 bits per heavy atom. The molecule has 0 amide bonds. The zero-order chi connectivity index (χ0) is 16.6. The molecule has 3 atom stereocenters. The van der Waals surface area contributed by atoms with E-state index in [9.17, 15) is 10.2 Å². The van der Waals surface area contributed by atoms with Crippen LogP contribution in [0, 0.1) is 5.92 Å². The van der Waals surface area contributed by atoms with Gasteiger partial charge in [0.25, 0.3) is 0 Å². The standard InChI is InChI=1S/C22H22O2/c23-20-12-8-17(9-13-20)15-22(24)19-10-6-16(7-11-19)14-21(22)18-4-2-1-3-5-18/h1-6,8-13,16,21,23-24H,7,14-15H2. The summed E-state index contributed by atoms with van der Waals surface area (Å²) in [5, 5.41) is 21.3. The van der Waals surface area contributed by atoms with Crippen molar-refractivity contribution < 1.29 is 10.2 Å². The number of phenols is 1. The lowest BCUT2D eigenvalue weighted by atomic mass is 9.73. The molecular weight excluding hydrogens is 296 g/mol. The van der Waals surface area contributed by atoms with Gasteiger partial charge in [0.1, 0.15) is 11.4 Å². The molecule has 122 valence electrons. The highest BCUT2D eigenvalue weighted by atomic mass is 16.3. The number of hydrogen-bond acceptors (Lipinski definition) is 2. The van der Waals surface area contributed by atoms with Gasteiger partial charge in [0.2, 0.25) is 0 Å². The molecule has 2 nitrogen and oxygen atoms in total.